The van der Waals surface area contributed by atoms with E-state index in [2.05, 4.69) is 37.8 Å². The average molecular weight is 323 g/mol. The Morgan fingerprint density at radius 3 is 2.62 bits per heavy atom. The van der Waals surface area contributed by atoms with Crippen LogP contribution in [-0.4, -0.2) is 21.5 Å². The van der Waals surface area contributed by atoms with Gasteiger partial charge in [-0.15, -0.1) is 11.6 Å². The van der Waals surface area contributed by atoms with Crippen molar-refractivity contribution in [2.75, 3.05) is 13.4 Å². The molecule has 0 amide bonds. The summed E-state index contributed by atoms with van der Waals surface area (Å²) >= 11 is 5.87. The highest BCUT2D eigenvalue weighted by atomic mass is 35.5. The number of halogens is 1. The van der Waals surface area contributed by atoms with E-state index in [0.29, 0.717) is 12.7 Å². The zero-order valence-electron chi connectivity index (χ0n) is 13.0. The zero-order chi connectivity index (χ0) is 15.3. The lowest BCUT2D eigenvalue weighted by Gasteiger charge is -2.16. The van der Waals surface area contributed by atoms with Gasteiger partial charge in [-0.1, -0.05) is 43.9 Å². The second-order valence-electron chi connectivity index (χ2n) is 6.43. The highest BCUT2D eigenvalue weighted by molar-refractivity contribution is 6.76. The number of ether oxygens (including phenoxy) is 2. The van der Waals surface area contributed by atoms with Gasteiger partial charge in [-0.2, -0.15) is 0 Å². The van der Waals surface area contributed by atoms with Crippen LogP contribution in [0.4, 0.5) is 0 Å². The third-order valence-electron chi connectivity index (χ3n) is 3.35. The summed E-state index contributed by atoms with van der Waals surface area (Å²) in [6.07, 6.45) is 0. The summed E-state index contributed by atoms with van der Waals surface area (Å²) in [5.41, 5.74) is 1.12. The molecule has 0 aliphatic carbocycles. The van der Waals surface area contributed by atoms with Gasteiger partial charge in [0.2, 0.25) is 0 Å². The first-order valence-corrected chi connectivity index (χ1v) is 11.5. The van der Waals surface area contributed by atoms with Crippen molar-refractivity contribution in [3.8, 4) is 5.75 Å². The molecular weight excluding hydrogens is 300 g/mol. The van der Waals surface area contributed by atoms with E-state index in [1.165, 1.54) is 0 Å². The fraction of sp³-hybridized carbons (Fsp3) is 0.412. The van der Waals surface area contributed by atoms with Crippen molar-refractivity contribution in [2.24, 2.45) is 0 Å². The molecule has 0 aliphatic rings. The van der Waals surface area contributed by atoms with Gasteiger partial charge in [0.15, 0.2) is 6.79 Å². The van der Waals surface area contributed by atoms with Crippen LogP contribution in [-0.2, 0) is 10.6 Å². The molecule has 0 unspecified atom stereocenters. The quantitative estimate of drug-likeness (QED) is 0.299. The van der Waals surface area contributed by atoms with E-state index >= 15 is 0 Å². The summed E-state index contributed by atoms with van der Waals surface area (Å²) < 4.78 is 11.4. The molecule has 0 N–H and O–H groups in total. The number of alkyl halides is 1. The molecule has 2 aromatic carbocycles. The van der Waals surface area contributed by atoms with Gasteiger partial charge in [-0.3, -0.25) is 0 Å². The van der Waals surface area contributed by atoms with Gasteiger partial charge in [-0.25, -0.2) is 0 Å². The maximum absolute atomic E-state index is 5.87. The Kier molecular flexibility index (Phi) is 5.68. The van der Waals surface area contributed by atoms with Crippen molar-refractivity contribution in [3.63, 3.8) is 0 Å². The summed E-state index contributed by atoms with van der Waals surface area (Å²) in [5, 5.41) is 2.24. The molecule has 0 atom stereocenters. The largest absolute Gasteiger partial charge is 0.467 e. The monoisotopic (exact) mass is 322 g/mol. The smallest absolute Gasteiger partial charge is 0.189 e. The Morgan fingerprint density at radius 2 is 1.90 bits per heavy atom. The van der Waals surface area contributed by atoms with E-state index in [4.69, 9.17) is 21.1 Å². The summed E-state index contributed by atoms with van der Waals surface area (Å²) in [4.78, 5) is 0. The molecule has 2 aromatic rings. The molecule has 0 saturated heterocycles. The predicted octanol–water partition coefficient (Wildman–Crippen LogP) is 5.27. The van der Waals surface area contributed by atoms with Crippen LogP contribution in [0.25, 0.3) is 10.8 Å². The van der Waals surface area contributed by atoms with Crippen molar-refractivity contribution in [3.05, 3.63) is 42.0 Å². The van der Waals surface area contributed by atoms with Crippen LogP contribution >= 0.6 is 11.6 Å². The van der Waals surface area contributed by atoms with Crippen LogP contribution in [0.1, 0.15) is 5.56 Å². The van der Waals surface area contributed by atoms with Gasteiger partial charge in [0.05, 0.1) is 0 Å². The molecule has 0 spiro atoms. The average Bonchev–Trinajstić information content (AvgIpc) is 2.45. The number of rotatable bonds is 7. The van der Waals surface area contributed by atoms with E-state index in [1.807, 2.05) is 18.2 Å². The molecule has 0 saturated carbocycles. The van der Waals surface area contributed by atoms with E-state index in [9.17, 15) is 0 Å². The zero-order valence-corrected chi connectivity index (χ0v) is 14.7. The first-order valence-electron chi connectivity index (χ1n) is 7.28. The van der Waals surface area contributed by atoms with E-state index in [1.54, 1.807) is 0 Å². The minimum Gasteiger partial charge on any atom is -0.467 e. The van der Waals surface area contributed by atoms with Crippen LogP contribution in [0.2, 0.25) is 25.7 Å². The molecule has 0 aliphatic heterocycles. The molecule has 2 nitrogen and oxygen atoms in total. The molecular formula is C17H23ClO2Si. The van der Waals surface area contributed by atoms with Gasteiger partial charge < -0.3 is 9.47 Å². The Morgan fingerprint density at radius 1 is 1.10 bits per heavy atom. The third-order valence-corrected chi connectivity index (χ3v) is 5.37. The van der Waals surface area contributed by atoms with Gasteiger partial charge >= 0.3 is 0 Å². The van der Waals surface area contributed by atoms with Crippen LogP contribution in [0, 0.1) is 0 Å². The lowest BCUT2D eigenvalue weighted by molar-refractivity contribution is 0.0230. The van der Waals surface area contributed by atoms with Crippen LogP contribution in [0.3, 0.4) is 0 Å². The molecule has 0 radical (unpaired) electrons. The first-order chi connectivity index (χ1) is 9.99. The predicted molar refractivity (Wildman–Crippen MR) is 93.1 cm³/mol. The van der Waals surface area contributed by atoms with E-state index < -0.39 is 8.07 Å². The number of fused-ring (bicyclic) bond motifs is 1. The maximum Gasteiger partial charge on any atom is 0.189 e. The summed E-state index contributed by atoms with van der Waals surface area (Å²) in [7, 11) is -1.03. The van der Waals surface area contributed by atoms with E-state index in [0.717, 1.165) is 34.7 Å². The van der Waals surface area contributed by atoms with Crippen LogP contribution in [0.15, 0.2) is 36.4 Å². The fourth-order valence-electron chi connectivity index (χ4n) is 2.05. The van der Waals surface area contributed by atoms with Crippen molar-refractivity contribution in [1.29, 1.82) is 0 Å². The van der Waals surface area contributed by atoms with Gasteiger partial charge in [0.1, 0.15) is 5.75 Å². The molecule has 4 heteroatoms. The minimum atomic E-state index is -1.03. The second kappa shape index (κ2) is 7.30. The van der Waals surface area contributed by atoms with Crippen molar-refractivity contribution in [2.45, 2.75) is 31.6 Å². The first kappa shape index (κ1) is 16.3. The lowest BCUT2D eigenvalue weighted by Crippen LogP contribution is -2.22. The Hall–Kier alpha value is -1.03. The molecule has 0 fully saturated rings. The molecule has 0 bridgehead atoms. The highest BCUT2D eigenvalue weighted by Crippen LogP contribution is 2.27. The SMILES string of the molecule is C[Si](C)(C)CCOCOc1cccc2cc(CCl)ccc12. The molecule has 0 aromatic heterocycles. The molecule has 114 valence electrons. The summed E-state index contributed by atoms with van der Waals surface area (Å²) in [6, 6.07) is 13.4. The highest BCUT2D eigenvalue weighted by Gasteiger charge is 2.12. The van der Waals surface area contributed by atoms with Crippen molar-refractivity contribution < 1.29 is 9.47 Å². The lowest BCUT2D eigenvalue weighted by atomic mass is 10.1. The van der Waals surface area contributed by atoms with E-state index in [-0.39, 0.29) is 0 Å². The van der Waals surface area contributed by atoms with Crippen LogP contribution < -0.4 is 4.74 Å². The molecule has 2 rings (SSSR count). The van der Waals surface area contributed by atoms with Gasteiger partial charge in [0, 0.05) is 25.9 Å². The summed E-state index contributed by atoms with van der Waals surface area (Å²) in [5.74, 6) is 1.39. The topological polar surface area (TPSA) is 18.5 Å². The number of benzene rings is 2. The minimum absolute atomic E-state index is 0.306. The summed E-state index contributed by atoms with van der Waals surface area (Å²) in [6.45, 7) is 8.11. The van der Waals surface area contributed by atoms with Gasteiger partial charge in [-0.05, 0) is 29.1 Å². The van der Waals surface area contributed by atoms with Crippen molar-refractivity contribution >= 4 is 30.4 Å². The fourth-order valence-corrected chi connectivity index (χ4v) is 2.98. The van der Waals surface area contributed by atoms with Gasteiger partial charge in [0.25, 0.3) is 0 Å². The van der Waals surface area contributed by atoms with Crippen LogP contribution in [0.5, 0.6) is 5.75 Å². The normalized spacial score (nSPS) is 11.8. The Balaban J connectivity index is 1.96. The Bertz CT molecular complexity index is 593. The Labute approximate surface area is 133 Å². The maximum atomic E-state index is 5.87. The standard InChI is InChI=1S/C17H23ClO2Si/c1-21(2,3)10-9-19-13-20-17-6-4-5-15-11-14(12-18)7-8-16(15)17/h4-8,11H,9-10,12-13H2,1-3H3. The number of hydrogen-bond acceptors (Lipinski definition) is 2. The molecule has 21 heavy (non-hydrogen) atoms. The number of hydrogen-bond donors (Lipinski definition) is 0. The van der Waals surface area contributed by atoms with Crippen molar-refractivity contribution in [1.82, 2.24) is 0 Å². The molecule has 0 heterocycles. The third kappa shape index (κ3) is 5.02. The second-order valence-corrected chi connectivity index (χ2v) is 12.3.